The van der Waals surface area contributed by atoms with Crippen molar-refractivity contribution in [3.63, 3.8) is 0 Å². The molecular formula is C25H28FNS. The number of hydrogen-bond donors (Lipinski definition) is 0. The SMILES string of the molecule is CCc1cc2c(cc1-c1csc(-c3ccc(F)cc3)n1)C(C)(C)CCC2(C)C. The van der Waals surface area contributed by atoms with Gasteiger partial charge in [0.05, 0.1) is 5.69 Å². The maximum absolute atomic E-state index is 13.3. The predicted molar refractivity (Wildman–Crippen MR) is 118 cm³/mol. The highest BCUT2D eigenvalue weighted by Crippen LogP contribution is 2.48. The summed E-state index contributed by atoms with van der Waals surface area (Å²) in [4.78, 5) is 4.92. The van der Waals surface area contributed by atoms with E-state index in [-0.39, 0.29) is 16.6 Å². The lowest BCUT2D eigenvalue weighted by Gasteiger charge is -2.42. The second kappa shape index (κ2) is 6.81. The van der Waals surface area contributed by atoms with Gasteiger partial charge in [-0.1, -0.05) is 40.7 Å². The number of aryl methyl sites for hydroxylation is 1. The molecule has 1 aliphatic carbocycles. The fourth-order valence-electron chi connectivity index (χ4n) is 4.31. The molecule has 0 fully saturated rings. The summed E-state index contributed by atoms with van der Waals surface area (Å²) in [5, 5.41) is 3.08. The van der Waals surface area contributed by atoms with Crippen LogP contribution in [0.1, 0.15) is 64.2 Å². The Balaban J connectivity index is 1.84. The van der Waals surface area contributed by atoms with Crippen LogP contribution in [0.5, 0.6) is 0 Å². The first-order valence-electron chi connectivity index (χ1n) is 10.1. The third kappa shape index (κ3) is 3.30. The summed E-state index contributed by atoms with van der Waals surface area (Å²) >= 11 is 1.63. The van der Waals surface area contributed by atoms with Crippen LogP contribution in [0.15, 0.2) is 41.8 Å². The summed E-state index contributed by atoms with van der Waals surface area (Å²) in [6, 6.07) is 11.4. The van der Waals surface area contributed by atoms with Gasteiger partial charge in [-0.15, -0.1) is 11.3 Å². The number of aromatic nitrogens is 1. The van der Waals surface area contributed by atoms with Crippen molar-refractivity contribution in [1.82, 2.24) is 4.98 Å². The first-order valence-corrected chi connectivity index (χ1v) is 11.0. The molecule has 4 rings (SSSR count). The zero-order valence-electron chi connectivity index (χ0n) is 17.4. The van der Waals surface area contributed by atoms with E-state index in [1.165, 1.54) is 47.2 Å². The zero-order valence-corrected chi connectivity index (χ0v) is 18.2. The fourth-order valence-corrected chi connectivity index (χ4v) is 5.14. The summed E-state index contributed by atoms with van der Waals surface area (Å²) in [6.07, 6.45) is 3.42. The molecule has 0 bridgehead atoms. The highest BCUT2D eigenvalue weighted by molar-refractivity contribution is 7.13. The minimum Gasteiger partial charge on any atom is -0.236 e. The molecule has 3 heteroatoms. The maximum atomic E-state index is 13.3. The first kappa shape index (κ1) is 19.3. The van der Waals surface area contributed by atoms with E-state index in [2.05, 4.69) is 52.1 Å². The Morgan fingerprint density at radius 3 is 2.18 bits per heavy atom. The Hall–Kier alpha value is -2.00. The van der Waals surface area contributed by atoms with E-state index in [1.807, 2.05) is 0 Å². The molecule has 146 valence electrons. The molecule has 1 heterocycles. The molecule has 28 heavy (non-hydrogen) atoms. The predicted octanol–water partition coefficient (Wildman–Crippen LogP) is 7.53. The Bertz CT molecular complexity index is 1010. The van der Waals surface area contributed by atoms with Crippen molar-refractivity contribution in [2.24, 2.45) is 0 Å². The van der Waals surface area contributed by atoms with Gasteiger partial charge in [0, 0.05) is 16.5 Å². The minimum absolute atomic E-state index is 0.182. The van der Waals surface area contributed by atoms with Gasteiger partial charge in [-0.2, -0.15) is 0 Å². The molecule has 2 aromatic carbocycles. The molecule has 0 aliphatic heterocycles. The fraction of sp³-hybridized carbons (Fsp3) is 0.400. The molecule has 0 spiro atoms. The van der Waals surface area contributed by atoms with Crippen LogP contribution in [-0.4, -0.2) is 4.98 Å². The Morgan fingerprint density at radius 2 is 1.57 bits per heavy atom. The molecule has 1 nitrogen and oxygen atoms in total. The largest absolute Gasteiger partial charge is 0.236 e. The normalized spacial score (nSPS) is 17.4. The molecule has 0 saturated heterocycles. The molecular weight excluding hydrogens is 365 g/mol. The average Bonchev–Trinajstić information content (AvgIpc) is 3.15. The molecule has 0 unspecified atom stereocenters. The van der Waals surface area contributed by atoms with Crippen LogP contribution in [0.3, 0.4) is 0 Å². The summed E-state index contributed by atoms with van der Waals surface area (Å²) in [6.45, 7) is 11.7. The second-order valence-electron chi connectivity index (χ2n) is 9.22. The number of nitrogens with zero attached hydrogens (tertiary/aromatic N) is 1. The van der Waals surface area contributed by atoms with Gasteiger partial charge in [-0.05, 0) is 77.1 Å². The van der Waals surface area contributed by atoms with Crippen molar-refractivity contribution in [1.29, 1.82) is 0 Å². The van der Waals surface area contributed by atoms with E-state index in [1.54, 1.807) is 23.5 Å². The monoisotopic (exact) mass is 393 g/mol. The smallest absolute Gasteiger partial charge is 0.124 e. The Morgan fingerprint density at radius 1 is 0.964 bits per heavy atom. The van der Waals surface area contributed by atoms with Gasteiger partial charge in [-0.3, -0.25) is 0 Å². The lowest BCUT2D eigenvalue weighted by atomic mass is 9.62. The van der Waals surface area contributed by atoms with Crippen LogP contribution in [-0.2, 0) is 17.3 Å². The van der Waals surface area contributed by atoms with Gasteiger partial charge < -0.3 is 0 Å². The van der Waals surface area contributed by atoms with Crippen LogP contribution >= 0.6 is 11.3 Å². The quantitative estimate of drug-likeness (QED) is 0.448. The summed E-state index contributed by atoms with van der Waals surface area (Å²) in [5.74, 6) is -0.215. The van der Waals surface area contributed by atoms with E-state index >= 15 is 0 Å². The topological polar surface area (TPSA) is 12.9 Å². The first-order chi connectivity index (χ1) is 13.2. The van der Waals surface area contributed by atoms with Crippen LogP contribution in [0, 0.1) is 5.82 Å². The number of halogens is 1. The van der Waals surface area contributed by atoms with Crippen molar-refractivity contribution in [3.8, 4) is 21.8 Å². The van der Waals surface area contributed by atoms with E-state index in [9.17, 15) is 4.39 Å². The molecule has 0 amide bonds. The molecule has 0 atom stereocenters. The number of benzene rings is 2. The van der Waals surface area contributed by atoms with Crippen molar-refractivity contribution in [2.75, 3.05) is 0 Å². The lowest BCUT2D eigenvalue weighted by molar-refractivity contribution is 0.331. The van der Waals surface area contributed by atoms with E-state index in [0.717, 1.165) is 22.7 Å². The van der Waals surface area contributed by atoms with Gasteiger partial charge in [-0.25, -0.2) is 9.37 Å². The highest BCUT2D eigenvalue weighted by atomic mass is 32.1. The number of hydrogen-bond acceptors (Lipinski definition) is 2. The van der Waals surface area contributed by atoms with Crippen molar-refractivity contribution >= 4 is 11.3 Å². The summed E-state index contributed by atoms with van der Waals surface area (Å²) in [5.41, 5.74) is 7.97. The standard InChI is InChI=1S/C25H28FNS/c1-6-16-13-20-21(25(4,5)12-11-24(20,2)3)14-19(16)22-15-28-23(27-22)17-7-9-18(26)10-8-17/h7-10,13-15H,6,11-12H2,1-5H3. The van der Waals surface area contributed by atoms with Crippen LogP contribution < -0.4 is 0 Å². The van der Waals surface area contributed by atoms with E-state index in [0.29, 0.717) is 0 Å². The molecule has 0 N–H and O–H groups in total. The van der Waals surface area contributed by atoms with Gasteiger partial charge in [0.2, 0.25) is 0 Å². The molecule has 0 saturated carbocycles. The third-order valence-corrected chi connectivity index (χ3v) is 7.22. The lowest BCUT2D eigenvalue weighted by Crippen LogP contribution is -2.34. The molecule has 1 aliphatic rings. The van der Waals surface area contributed by atoms with E-state index in [4.69, 9.17) is 4.98 Å². The molecule has 3 aromatic rings. The van der Waals surface area contributed by atoms with E-state index < -0.39 is 0 Å². The van der Waals surface area contributed by atoms with Gasteiger partial charge >= 0.3 is 0 Å². The van der Waals surface area contributed by atoms with Gasteiger partial charge in [0.15, 0.2) is 0 Å². The van der Waals surface area contributed by atoms with Crippen molar-refractivity contribution in [2.45, 2.75) is 64.7 Å². The van der Waals surface area contributed by atoms with Crippen molar-refractivity contribution < 1.29 is 4.39 Å². The highest BCUT2D eigenvalue weighted by Gasteiger charge is 2.37. The Labute approximate surface area is 171 Å². The van der Waals surface area contributed by atoms with Gasteiger partial charge in [0.25, 0.3) is 0 Å². The minimum atomic E-state index is -0.215. The van der Waals surface area contributed by atoms with Crippen molar-refractivity contribution in [3.05, 3.63) is 64.3 Å². The van der Waals surface area contributed by atoms with Crippen LogP contribution in [0.4, 0.5) is 4.39 Å². The van der Waals surface area contributed by atoms with Gasteiger partial charge in [0.1, 0.15) is 10.8 Å². The second-order valence-corrected chi connectivity index (χ2v) is 10.1. The summed E-state index contributed by atoms with van der Waals surface area (Å²) < 4.78 is 13.3. The number of rotatable bonds is 3. The van der Waals surface area contributed by atoms with Crippen LogP contribution in [0.25, 0.3) is 21.8 Å². The average molecular weight is 394 g/mol. The Kier molecular flexibility index (Phi) is 4.70. The summed E-state index contributed by atoms with van der Waals surface area (Å²) in [7, 11) is 0. The zero-order chi connectivity index (χ0) is 20.1. The third-order valence-electron chi connectivity index (χ3n) is 6.33. The number of fused-ring (bicyclic) bond motifs is 1. The molecule has 1 aromatic heterocycles. The molecule has 0 radical (unpaired) electrons. The van der Waals surface area contributed by atoms with Crippen LogP contribution in [0.2, 0.25) is 0 Å². The number of thiazole rings is 1. The maximum Gasteiger partial charge on any atom is 0.124 e.